The van der Waals surface area contributed by atoms with Gasteiger partial charge in [0.1, 0.15) is 17.1 Å². The largest absolute Gasteiger partial charge is 0.495 e. The first-order valence-electron chi connectivity index (χ1n) is 3.97. The van der Waals surface area contributed by atoms with E-state index in [9.17, 15) is 4.79 Å². The van der Waals surface area contributed by atoms with Crippen molar-refractivity contribution in [3.05, 3.63) is 36.2 Å². The quantitative estimate of drug-likeness (QED) is 0.539. The number of aromatic nitrogens is 1. The molecule has 0 radical (unpaired) electrons. The van der Waals surface area contributed by atoms with Crippen LogP contribution < -0.4 is 0 Å². The van der Waals surface area contributed by atoms with Crippen LogP contribution in [0.2, 0.25) is 0 Å². The van der Waals surface area contributed by atoms with Gasteiger partial charge in [-0.2, -0.15) is 0 Å². The predicted octanol–water partition coefficient (Wildman–Crippen LogP) is 1.49. The van der Waals surface area contributed by atoms with Crippen LogP contribution in [0.15, 0.2) is 24.8 Å². The zero-order valence-corrected chi connectivity index (χ0v) is 8.11. The number of nitrogens with zero attached hydrogens (tertiary/aromatic N) is 1. The van der Waals surface area contributed by atoms with Crippen molar-refractivity contribution in [1.29, 1.82) is 0 Å². The smallest absolute Gasteiger partial charge is 0.356 e. The maximum absolute atomic E-state index is 11.1. The first kappa shape index (κ1) is 10.2. The number of hydrogen-bond donors (Lipinski definition) is 0. The van der Waals surface area contributed by atoms with Gasteiger partial charge in [0.15, 0.2) is 0 Å². The van der Waals surface area contributed by atoms with E-state index in [2.05, 4.69) is 16.3 Å². The molecule has 1 rings (SSSR count). The molecule has 0 N–H and O–H groups in total. The Morgan fingerprint density at radius 2 is 1.93 bits per heavy atom. The molecule has 4 nitrogen and oxygen atoms in total. The minimum atomic E-state index is -0.476. The van der Waals surface area contributed by atoms with E-state index < -0.39 is 5.97 Å². The Labute approximate surface area is 82.2 Å². The molecule has 1 aromatic rings. The Balaban J connectivity index is 3.01. The Bertz CT molecular complexity index is 329. The van der Waals surface area contributed by atoms with E-state index in [0.29, 0.717) is 11.5 Å². The molecule has 0 atom stereocenters. The molecule has 0 unspecified atom stereocenters. The van der Waals surface area contributed by atoms with Crippen molar-refractivity contribution in [3.8, 4) is 0 Å². The second kappa shape index (κ2) is 4.41. The summed E-state index contributed by atoms with van der Waals surface area (Å²) in [6, 6.07) is 4.97. The van der Waals surface area contributed by atoms with Gasteiger partial charge in [0.05, 0.1) is 14.2 Å². The van der Waals surface area contributed by atoms with Crippen molar-refractivity contribution in [2.24, 2.45) is 0 Å². The van der Waals surface area contributed by atoms with Crippen LogP contribution in [0, 0.1) is 0 Å². The SMILES string of the molecule is C=C(OC)c1cccc(C(=O)OC)n1. The molecule has 0 aliphatic rings. The van der Waals surface area contributed by atoms with Crippen LogP contribution in [0.5, 0.6) is 0 Å². The van der Waals surface area contributed by atoms with Gasteiger partial charge in [-0.15, -0.1) is 0 Å². The summed E-state index contributed by atoms with van der Waals surface area (Å²) in [6.07, 6.45) is 0. The van der Waals surface area contributed by atoms with Crippen LogP contribution in [0.25, 0.3) is 5.76 Å². The van der Waals surface area contributed by atoms with Crippen LogP contribution in [-0.4, -0.2) is 25.2 Å². The Morgan fingerprint density at radius 3 is 2.50 bits per heavy atom. The zero-order valence-electron chi connectivity index (χ0n) is 8.11. The predicted molar refractivity (Wildman–Crippen MR) is 51.6 cm³/mol. The van der Waals surface area contributed by atoms with Gasteiger partial charge in [-0.05, 0) is 12.1 Å². The highest BCUT2D eigenvalue weighted by atomic mass is 16.5. The third kappa shape index (κ3) is 2.10. The second-order valence-electron chi connectivity index (χ2n) is 2.53. The Hall–Kier alpha value is -1.84. The topological polar surface area (TPSA) is 48.4 Å². The summed E-state index contributed by atoms with van der Waals surface area (Å²) in [5.74, 6) is -0.0634. The molecule has 1 aromatic heterocycles. The molecule has 1 heterocycles. The monoisotopic (exact) mass is 193 g/mol. The molecule has 0 aliphatic carbocycles. The van der Waals surface area contributed by atoms with Crippen molar-refractivity contribution in [2.45, 2.75) is 0 Å². The van der Waals surface area contributed by atoms with Gasteiger partial charge in [0.25, 0.3) is 0 Å². The fourth-order valence-corrected chi connectivity index (χ4v) is 0.913. The average molecular weight is 193 g/mol. The van der Waals surface area contributed by atoms with E-state index in [1.807, 2.05) is 0 Å². The molecule has 14 heavy (non-hydrogen) atoms. The molecule has 0 saturated carbocycles. The standard InChI is InChI=1S/C10H11NO3/c1-7(13-2)8-5-4-6-9(11-8)10(12)14-3/h4-6H,1H2,2-3H3. The number of pyridine rings is 1. The summed E-state index contributed by atoms with van der Waals surface area (Å²) in [6.45, 7) is 3.63. The van der Waals surface area contributed by atoms with Crippen molar-refractivity contribution in [2.75, 3.05) is 14.2 Å². The highest BCUT2D eigenvalue weighted by Gasteiger charge is 2.08. The highest BCUT2D eigenvalue weighted by molar-refractivity contribution is 5.87. The number of carbonyl (C=O) groups is 1. The fourth-order valence-electron chi connectivity index (χ4n) is 0.913. The first-order valence-corrected chi connectivity index (χ1v) is 3.97. The molecule has 0 aliphatic heterocycles. The third-order valence-electron chi connectivity index (χ3n) is 1.68. The van der Waals surface area contributed by atoms with Gasteiger partial charge in [-0.1, -0.05) is 12.6 Å². The second-order valence-corrected chi connectivity index (χ2v) is 2.53. The number of ether oxygens (including phenoxy) is 2. The summed E-state index contributed by atoms with van der Waals surface area (Å²) >= 11 is 0. The van der Waals surface area contributed by atoms with E-state index in [-0.39, 0.29) is 5.69 Å². The van der Waals surface area contributed by atoms with Gasteiger partial charge in [0, 0.05) is 0 Å². The summed E-state index contributed by atoms with van der Waals surface area (Å²) in [5, 5.41) is 0. The van der Waals surface area contributed by atoms with Crippen molar-refractivity contribution in [1.82, 2.24) is 4.98 Å². The van der Waals surface area contributed by atoms with Crippen molar-refractivity contribution < 1.29 is 14.3 Å². The van der Waals surface area contributed by atoms with E-state index in [4.69, 9.17) is 4.74 Å². The molecule has 4 heteroatoms. The van der Waals surface area contributed by atoms with Crippen LogP contribution >= 0.6 is 0 Å². The lowest BCUT2D eigenvalue weighted by molar-refractivity contribution is 0.0594. The van der Waals surface area contributed by atoms with Gasteiger partial charge < -0.3 is 9.47 Å². The molecule has 0 aromatic carbocycles. The molecule has 0 spiro atoms. The number of esters is 1. The maximum Gasteiger partial charge on any atom is 0.356 e. The fraction of sp³-hybridized carbons (Fsp3) is 0.200. The minimum absolute atomic E-state index is 0.239. The number of hydrogen-bond acceptors (Lipinski definition) is 4. The van der Waals surface area contributed by atoms with Crippen molar-refractivity contribution >= 4 is 11.7 Å². The van der Waals surface area contributed by atoms with Gasteiger partial charge in [-0.25, -0.2) is 9.78 Å². The van der Waals surface area contributed by atoms with Crippen LogP contribution in [-0.2, 0) is 9.47 Å². The lowest BCUT2D eigenvalue weighted by Crippen LogP contribution is -2.05. The highest BCUT2D eigenvalue weighted by Crippen LogP contribution is 2.10. The molecule has 74 valence electrons. The van der Waals surface area contributed by atoms with Gasteiger partial charge in [0.2, 0.25) is 0 Å². The van der Waals surface area contributed by atoms with Crippen LogP contribution in [0.4, 0.5) is 0 Å². The van der Waals surface area contributed by atoms with Crippen LogP contribution in [0.3, 0.4) is 0 Å². The van der Waals surface area contributed by atoms with Crippen molar-refractivity contribution in [3.63, 3.8) is 0 Å². The molecular formula is C10H11NO3. The summed E-state index contributed by atoms with van der Waals surface area (Å²) < 4.78 is 9.43. The summed E-state index contributed by atoms with van der Waals surface area (Å²) in [5.41, 5.74) is 0.763. The Kier molecular flexibility index (Phi) is 3.23. The van der Waals surface area contributed by atoms with E-state index in [0.717, 1.165) is 0 Å². The lowest BCUT2D eigenvalue weighted by Gasteiger charge is -2.04. The minimum Gasteiger partial charge on any atom is -0.495 e. The third-order valence-corrected chi connectivity index (χ3v) is 1.68. The summed E-state index contributed by atoms with van der Waals surface area (Å²) in [7, 11) is 2.80. The van der Waals surface area contributed by atoms with E-state index >= 15 is 0 Å². The molecule has 0 fully saturated rings. The average Bonchev–Trinajstić information content (AvgIpc) is 2.27. The first-order chi connectivity index (χ1) is 6.69. The zero-order chi connectivity index (χ0) is 10.6. The van der Waals surface area contributed by atoms with Gasteiger partial charge in [-0.3, -0.25) is 0 Å². The number of rotatable bonds is 3. The van der Waals surface area contributed by atoms with Gasteiger partial charge >= 0.3 is 5.97 Å². The molecule has 0 saturated heterocycles. The molecule has 0 bridgehead atoms. The number of methoxy groups -OCH3 is 2. The normalized spacial score (nSPS) is 9.29. The summed E-state index contributed by atoms with van der Waals surface area (Å²) in [4.78, 5) is 15.1. The van der Waals surface area contributed by atoms with E-state index in [1.165, 1.54) is 14.2 Å². The Morgan fingerprint density at radius 1 is 1.29 bits per heavy atom. The lowest BCUT2D eigenvalue weighted by atomic mass is 10.3. The molecule has 0 amide bonds. The van der Waals surface area contributed by atoms with Crippen LogP contribution in [0.1, 0.15) is 16.2 Å². The molecular weight excluding hydrogens is 182 g/mol. The number of carbonyl (C=O) groups excluding carboxylic acids is 1. The maximum atomic E-state index is 11.1. The van der Waals surface area contributed by atoms with E-state index in [1.54, 1.807) is 18.2 Å².